The zero-order valence-electron chi connectivity index (χ0n) is 11.4. The van der Waals surface area contributed by atoms with Gasteiger partial charge in [-0.15, -0.1) is 11.6 Å². The van der Waals surface area contributed by atoms with Crippen LogP contribution in [0.25, 0.3) is 16.7 Å². The average molecular weight is 323 g/mol. The molecular weight excluding hydrogens is 310 g/mol. The molecule has 3 rings (SSSR count). The third-order valence-corrected chi connectivity index (χ3v) is 3.87. The Morgan fingerprint density at radius 1 is 1.24 bits per heavy atom. The van der Waals surface area contributed by atoms with Gasteiger partial charge in [0.2, 0.25) is 0 Å². The number of nitrogens with zero attached hydrogens (tertiary/aromatic N) is 2. The molecule has 1 heterocycles. The molecule has 3 aromatic rings. The number of alkyl halides is 1. The van der Waals surface area contributed by atoms with E-state index in [9.17, 15) is 4.39 Å². The van der Waals surface area contributed by atoms with Crippen molar-refractivity contribution in [2.75, 3.05) is 5.88 Å². The first-order chi connectivity index (χ1) is 10.1. The second kappa shape index (κ2) is 5.66. The number of imidazole rings is 1. The van der Waals surface area contributed by atoms with Crippen molar-refractivity contribution < 1.29 is 4.39 Å². The van der Waals surface area contributed by atoms with E-state index in [2.05, 4.69) is 4.98 Å². The van der Waals surface area contributed by atoms with Crippen molar-refractivity contribution in [1.82, 2.24) is 9.55 Å². The van der Waals surface area contributed by atoms with E-state index in [1.807, 2.05) is 35.8 Å². The zero-order valence-corrected chi connectivity index (χ0v) is 12.9. The number of hydrogen-bond acceptors (Lipinski definition) is 1. The molecule has 0 spiro atoms. The lowest BCUT2D eigenvalue weighted by atomic mass is 10.2. The lowest BCUT2D eigenvalue weighted by Crippen LogP contribution is -2.03. The maximum atomic E-state index is 14.0. The van der Waals surface area contributed by atoms with E-state index in [1.165, 1.54) is 6.07 Å². The Morgan fingerprint density at radius 2 is 2.05 bits per heavy atom. The van der Waals surface area contributed by atoms with Gasteiger partial charge in [0.15, 0.2) is 5.82 Å². The number of aromatic nitrogens is 2. The van der Waals surface area contributed by atoms with Gasteiger partial charge >= 0.3 is 0 Å². The zero-order chi connectivity index (χ0) is 15.0. The summed E-state index contributed by atoms with van der Waals surface area (Å²) in [5.74, 6) is 0.775. The monoisotopic (exact) mass is 322 g/mol. The Morgan fingerprint density at radius 3 is 2.81 bits per heavy atom. The Labute approximate surface area is 132 Å². The number of halogens is 3. The lowest BCUT2D eigenvalue weighted by Gasteiger charge is -2.11. The van der Waals surface area contributed by atoms with Crippen molar-refractivity contribution in [3.8, 4) is 5.69 Å². The highest BCUT2D eigenvalue weighted by Gasteiger charge is 2.16. The van der Waals surface area contributed by atoms with Crippen LogP contribution in [0.1, 0.15) is 11.4 Å². The van der Waals surface area contributed by atoms with Gasteiger partial charge in [0.25, 0.3) is 0 Å². The normalized spacial score (nSPS) is 11.2. The van der Waals surface area contributed by atoms with Crippen LogP contribution in [0, 0.1) is 12.7 Å². The average Bonchev–Trinajstić information content (AvgIpc) is 2.82. The Bertz CT molecular complexity index is 811. The molecule has 0 aliphatic heterocycles. The summed E-state index contributed by atoms with van der Waals surface area (Å²) in [6.07, 6.45) is 0.542. The summed E-state index contributed by atoms with van der Waals surface area (Å²) < 4.78 is 15.9. The minimum atomic E-state index is -0.342. The van der Waals surface area contributed by atoms with Gasteiger partial charge in [-0.2, -0.15) is 0 Å². The fourth-order valence-electron chi connectivity index (χ4n) is 2.43. The third kappa shape index (κ3) is 2.52. The fraction of sp³-hybridized carbons (Fsp3) is 0.188. The lowest BCUT2D eigenvalue weighted by molar-refractivity contribution is 0.637. The molecule has 0 saturated carbocycles. The second-order valence-electron chi connectivity index (χ2n) is 4.86. The van der Waals surface area contributed by atoms with Crippen LogP contribution in [-0.2, 0) is 6.42 Å². The first-order valence-corrected chi connectivity index (χ1v) is 7.51. The first kappa shape index (κ1) is 14.4. The molecular formula is C16H13Cl2FN2. The van der Waals surface area contributed by atoms with E-state index in [1.54, 1.807) is 6.07 Å². The Balaban J connectivity index is 2.36. The highest BCUT2D eigenvalue weighted by atomic mass is 35.5. The minimum Gasteiger partial charge on any atom is -0.295 e. The predicted octanol–water partition coefficient (Wildman–Crippen LogP) is 4.91. The van der Waals surface area contributed by atoms with Crippen LogP contribution < -0.4 is 0 Å². The van der Waals surface area contributed by atoms with Crippen molar-refractivity contribution in [3.05, 3.63) is 58.6 Å². The van der Waals surface area contributed by atoms with Gasteiger partial charge in [-0.05, 0) is 36.8 Å². The van der Waals surface area contributed by atoms with Crippen molar-refractivity contribution in [2.45, 2.75) is 13.3 Å². The highest BCUT2D eigenvalue weighted by Crippen LogP contribution is 2.29. The largest absolute Gasteiger partial charge is 0.295 e. The number of benzene rings is 2. The van der Waals surface area contributed by atoms with Crippen LogP contribution in [0.3, 0.4) is 0 Å². The molecule has 0 aliphatic rings. The quantitative estimate of drug-likeness (QED) is 0.626. The van der Waals surface area contributed by atoms with Crippen LogP contribution in [0.15, 0.2) is 36.4 Å². The molecule has 21 heavy (non-hydrogen) atoms. The minimum absolute atomic E-state index is 0.342. The molecule has 1 aromatic heterocycles. The van der Waals surface area contributed by atoms with Gasteiger partial charge in [-0.25, -0.2) is 9.37 Å². The molecule has 0 atom stereocenters. The summed E-state index contributed by atoms with van der Waals surface area (Å²) in [5.41, 5.74) is 2.91. The van der Waals surface area contributed by atoms with Crippen LogP contribution >= 0.6 is 23.2 Å². The number of para-hydroxylation sites is 1. The van der Waals surface area contributed by atoms with Crippen molar-refractivity contribution >= 4 is 34.2 Å². The van der Waals surface area contributed by atoms with Crippen LogP contribution in [0.2, 0.25) is 5.02 Å². The molecule has 0 saturated heterocycles. The molecule has 0 unspecified atom stereocenters. The molecule has 0 amide bonds. The second-order valence-corrected chi connectivity index (χ2v) is 5.65. The summed E-state index contributed by atoms with van der Waals surface area (Å²) in [5, 5.41) is 0.597. The van der Waals surface area contributed by atoms with Crippen molar-refractivity contribution in [2.24, 2.45) is 0 Å². The fourth-order valence-corrected chi connectivity index (χ4v) is 2.80. The molecule has 0 bridgehead atoms. The highest BCUT2D eigenvalue weighted by molar-refractivity contribution is 6.32. The summed E-state index contributed by atoms with van der Waals surface area (Å²) in [4.78, 5) is 4.39. The standard InChI is InChI=1S/C16H13Cl2FN2/c1-10-5-6-11(18)14(9-10)21-13-4-2-3-12(19)16(13)20-15(21)7-8-17/h2-6,9H,7-8H2,1H3. The summed E-state index contributed by atoms with van der Waals surface area (Å²) in [6, 6.07) is 10.6. The van der Waals surface area contributed by atoms with Crippen LogP contribution in [-0.4, -0.2) is 15.4 Å². The van der Waals surface area contributed by atoms with Gasteiger partial charge < -0.3 is 0 Å². The predicted molar refractivity (Wildman–Crippen MR) is 85.2 cm³/mol. The summed E-state index contributed by atoms with van der Waals surface area (Å²) in [6.45, 7) is 1.99. The summed E-state index contributed by atoms with van der Waals surface area (Å²) in [7, 11) is 0. The van der Waals surface area contributed by atoms with Gasteiger partial charge in [-0.3, -0.25) is 4.57 Å². The van der Waals surface area contributed by atoms with E-state index in [0.29, 0.717) is 34.2 Å². The van der Waals surface area contributed by atoms with E-state index < -0.39 is 0 Å². The number of aryl methyl sites for hydroxylation is 2. The van der Waals surface area contributed by atoms with E-state index >= 15 is 0 Å². The van der Waals surface area contributed by atoms with Crippen molar-refractivity contribution in [1.29, 1.82) is 0 Å². The topological polar surface area (TPSA) is 17.8 Å². The molecule has 2 nitrogen and oxygen atoms in total. The van der Waals surface area contributed by atoms with Crippen LogP contribution in [0.4, 0.5) is 4.39 Å². The third-order valence-electron chi connectivity index (χ3n) is 3.37. The maximum Gasteiger partial charge on any atom is 0.151 e. The van der Waals surface area contributed by atoms with Gasteiger partial charge in [0.1, 0.15) is 11.3 Å². The molecule has 0 radical (unpaired) electrons. The van der Waals surface area contributed by atoms with Crippen molar-refractivity contribution in [3.63, 3.8) is 0 Å². The maximum absolute atomic E-state index is 14.0. The van der Waals surface area contributed by atoms with Crippen LogP contribution in [0.5, 0.6) is 0 Å². The van der Waals surface area contributed by atoms with Gasteiger partial charge in [-0.1, -0.05) is 23.7 Å². The molecule has 0 fully saturated rings. The number of rotatable bonds is 3. The van der Waals surface area contributed by atoms with E-state index in [4.69, 9.17) is 23.2 Å². The first-order valence-electron chi connectivity index (χ1n) is 6.60. The van der Waals surface area contributed by atoms with E-state index in [-0.39, 0.29) is 5.82 Å². The molecule has 0 aliphatic carbocycles. The molecule has 2 aromatic carbocycles. The van der Waals surface area contributed by atoms with Gasteiger partial charge in [0, 0.05) is 12.3 Å². The Kier molecular flexibility index (Phi) is 3.87. The smallest absolute Gasteiger partial charge is 0.151 e. The molecule has 108 valence electrons. The SMILES string of the molecule is Cc1ccc(Cl)c(-n2c(CCCl)nc3c(F)cccc32)c1. The van der Waals surface area contributed by atoms with E-state index in [0.717, 1.165) is 11.3 Å². The molecule has 5 heteroatoms. The number of hydrogen-bond donors (Lipinski definition) is 0. The number of fused-ring (bicyclic) bond motifs is 1. The van der Waals surface area contributed by atoms with Gasteiger partial charge in [0.05, 0.1) is 16.2 Å². The Hall–Kier alpha value is -1.58. The summed E-state index contributed by atoms with van der Waals surface area (Å²) >= 11 is 12.2. The molecule has 0 N–H and O–H groups in total.